The molecule has 2 N–H and O–H groups in total. The molecule has 0 aromatic rings. The minimum Gasteiger partial charge on any atom is -0.480 e. The molecule has 0 aromatic carbocycles. The highest BCUT2D eigenvalue weighted by Gasteiger charge is 2.47. The molecule has 2 rings (SSSR count). The number of carbonyl (C=O) groups is 2. The van der Waals surface area contributed by atoms with E-state index in [2.05, 4.69) is 0 Å². The molecular weight excluding hydrogens is 242 g/mol. The summed E-state index contributed by atoms with van der Waals surface area (Å²) in [6.07, 6.45) is 1.20. The molecule has 2 aliphatic heterocycles. The molecule has 1 amide bonds. The average molecular weight is 259 g/mol. The predicted molar refractivity (Wildman–Crippen MR) is 63.9 cm³/mol. The number of thioether (sulfide) groups is 1. The number of aliphatic carboxylic acids is 1. The van der Waals surface area contributed by atoms with Crippen LogP contribution in [0.2, 0.25) is 0 Å². The molecule has 2 saturated heterocycles. The highest BCUT2D eigenvalue weighted by Crippen LogP contribution is 2.40. The Bertz CT molecular complexity index is 340. The third kappa shape index (κ3) is 2.28. The molecule has 17 heavy (non-hydrogen) atoms. The van der Waals surface area contributed by atoms with E-state index in [1.807, 2.05) is 6.92 Å². The zero-order valence-corrected chi connectivity index (χ0v) is 10.6. The second kappa shape index (κ2) is 4.49. The Labute approximate surface area is 104 Å². The minimum absolute atomic E-state index is 0.135. The number of β-amino-alcohol motifs (C(OH)–C–C–N with tert-alkyl or cyclic N) is 1. The standard InChI is InChI=1S/C11H17NO4S/c1-11(3-2-4-17-11)10(16)12-6-7(13)5-8(12)9(14)15/h7-8,13H,2-6H2,1H3,(H,14,15)/t7-,8-,11?/m0/s1. The summed E-state index contributed by atoms with van der Waals surface area (Å²) in [6, 6.07) is -0.865. The zero-order valence-electron chi connectivity index (χ0n) is 9.76. The van der Waals surface area contributed by atoms with Crippen LogP contribution < -0.4 is 0 Å². The number of carbonyl (C=O) groups excluding carboxylic acids is 1. The van der Waals surface area contributed by atoms with Gasteiger partial charge in [-0.2, -0.15) is 0 Å². The summed E-state index contributed by atoms with van der Waals surface area (Å²) in [5.74, 6) is -0.221. The fourth-order valence-electron chi connectivity index (χ4n) is 2.52. The van der Waals surface area contributed by atoms with Gasteiger partial charge in [-0.25, -0.2) is 4.79 Å². The molecule has 3 atom stereocenters. The number of likely N-dealkylation sites (tertiary alicyclic amines) is 1. The fraction of sp³-hybridized carbons (Fsp3) is 0.818. The van der Waals surface area contributed by atoms with Crippen molar-refractivity contribution in [2.75, 3.05) is 12.3 Å². The van der Waals surface area contributed by atoms with Crippen LogP contribution in [0.5, 0.6) is 0 Å². The van der Waals surface area contributed by atoms with Gasteiger partial charge in [0.1, 0.15) is 6.04 Å². The Balaban J connectivity index is 2.15. The Morgan fingerprint density at radius 2 is 2.18 bits per heavy atom. The number of carboxylic acid groups (broad SMARTS) is 1. The van der Waals surface area contributed by atoms with Crippen LogP contribution >= 0.6 is 11.8 Å². The maximum absolute atomic E-state index is 12.4. The van der Waals surface area contributed by atoms with Crippen molar-refractivity contribution < 1.29 is 19.8 Å². The normalized spacial score (nSPS) is 37.4. The summed E-state index contributed by atoms with van der Waals surface area (Å²) in [6.45, 7) is 2.02. The summed E-state index contributed by atoms with van der Waals surface area (Å²) in [4.78, 5) is 24.8. The topological polar surface area (TPSA) is 77.8 Å². The molecule has 0 spiro atoms. The Morgan fingerprint density at radius 1 is 1.47 bits per heavy atom. The Morgan fingerprint density at radius 3 is 2.71 bits per heavy atom. The van der Waals surface area contributed by atoms with Crippen LogP contribution in [0.15, 0.2) is 0 Å². The zero-order chi connectivity index (χ0) is 12.6. The molecule has 0 bridgehead atoms. The Kier molecular flexibility index (Phi) is 3.36. The Hall–Kier alpha value is -0.750. The molecule has 0 radical (unpaired) electrons. The highest BCUT2D eigenvalue weighted by atomic mass is 32.2. The molecular formula is C11H17NO4S. The van der Waals surface area contributed by atoms with Gasteiger partial charge in [0, 0.05) is 13.0 Å². The summed E-state index contributed by atoms with van der Waals surface area (Å²) in [5, 5.41) is 18.6. The maximum atomic E-state index is 12.4. The first-order valence-corrected chi connectivity index (χ1v) is 6.78. The molecule has 6 heteroatoms. The number of hydrogen-bond acceptors (Lipinski definition) is 4. The van der Waals surface area contributed by atoms with Gasteiger partial charge in [0.05, 0.1) is 10.9 Å². The van der Waals surface area contributed by atoms with Crippen molar-refractivity contribution in [2.45, 2.75) is 43.1 Å². The van der Waals surface area contributed by atoms with Gasteiger partial charge in [0.25, 0.3) is 0 Å². The molecule has 1 unspecified atom stereocenters. The van der Waals surface area contributed by atoms with Crippen molar-refractivity contribution >= 4 is 23.6 Å². The van der Waals surface area contributed by atoms with Gasteiger partial charge in [-0.15, -0.1) is 11.8 Å². The first-order valence-electron chi connectivity index (χ1n) is 5.80. The molecule has 2 aliphatic rings. The average Bonchev–Trinajstić information content (AvgIpc) is 2.84. The lowest BCUT2D eigenvalue weighted by atomic mass is 10.0. The second-order valence-corrected chi connectivity index (χ2v) is 6.48. The monoisotopic (exact) mass is 259 g/mol. The molecule has 0 aliphatic carbocycles. The van der Waals surface area contributed by atoms with E-state index >= 15 is 0 Å². The lowest BCUT2D eigenvalue weighted by Gasteiger charge is -2.30. The van der Waals surface area contributed by atoms with E-state index in [1.54, 1.807) is 11.8 Å². The molecule has 0 aromatic heterocycles. The number of carboxylic acids is 1. The van der Waals surface area contributed by atoms with Gasteiger partial charge in [-0.05, 0) is 25.5 Å². The smallest absolute Gasteiger partial charge is 0.326 e. The van der Waals surface area contributed by atoms with E-state index in [9.17, 15) is 14.7 Å². The van der Waals surface area contributed by atoms with Crippen LogP contribution in [0, 0.1) is 0 Å². The van der Waals surface area contributed by atoms with E-state index in [-0.39, 0.29) is 18.9 Å². The van der Waals surface area contributed by atoms with Crippen molar-refractivity contribution in [1.82, 2.24) is 4.90 Å². The first-order chi connectivity index (χ1) is 7.94. The number of aliphatic hydroxyl groups excluding tert-OH is 1. The number of nitrogens with zero attached hydrogens (tertiary/aromatic N) is 1. The third-order valence-electron chi connectivity index (χ3n) is 3.50. The van der Waals surface area contributed by atoms with Crippen molar-refractivity contribution in [3.05, 3.63) is 0 Å². The van der Waals surface area contributed by atoms with Crippen molar-refractivity contribution in [3.8, 4) is 0 Å². The van der Waals surface area contributed by atoms with Crippen molar-refractivity contribution in [2.24, 2.45) is 0 Å². The second-order valence-electron chi connectivity index (χ2n) is 4.88. The van der Waals surface area contributed by atoms with Gasteiger partial charge < -0.3 is 15.1 Å². The maximum Gasteiger partial charge on any atom is 0.326 e. The van der Waals surface area contributed by atoms with Crippen LogP contribution in [0.4, 0.5) is 0 Å². The van der Waals surface area contributed by atoms with Crippen molar-refractivity contribution in [1.29, 1.82) is 0 Å². The highest BCUT2D eigenvalue weighted by molar-refractivity contribution is 8.01. The first kappa shape index (κ1) is 12.7. The van der Waals surface area contributed by atoms with Gasteiger partial charge in [-0.3, -0.25) is 4.79 Å². The molecule has 96 valence electrons. The molecule has 2 fully saturated rings. The number of aliphatic hydroxyl groups is 1. The molecule has 5 nitrogen and oxygen atoms in total. The van der Waals surface area contributed by atoms with Gasteiger partial charge in [0.15, 0.2) is 0 Å². The van der Waals surface area contributed by atoms with Gasteiger partial charge >= 0.3 is 5.97 Å². The van der Waals surface area contributed by atoms with E-state index in [0.717, 1.165) is 18.6 Å². The lowest BCUT2D eigenvalue weighted by Crippen LogP contribution is -2.48. The number of rotatable bonds is 2. The minimum atomic E-state index is -1.03. The van der Waals surface area contributed by atoms with E-state index in [1.165, 1.54) is 4.90 Å². The van der Waals surface area contributed by atoms with Crippen LogP contribution in [0.25, 0.3) is 0 Å². The lowest BCUT2D eigenvalue weighted by molar-refractivity contribution is -0.149. The van der Waals surface area contributed by atoms with Crippen LogP contribution in [0.3, 0.4) is 0 Å². The van der Waals surface area contributed by atoms with Gasteiger partial charge in [-0.1, -0.05) is 0 Å². The summed E-state index contributed by atoms with van der Waals surface area (Å²) < 4.78 is -0.502. The summed E-state index contributed by atoms with van der Waals surface area (Å²) in [5.41, 5.74) is 0. The van der Waals surface area contributed by atoms with E-state index < -0.39 is 22.9 Å². The quantitative estimate of drug-likeness (QED) is 0.746. The fourth-order valence-corrected chi connectivity index (χ4v) is 3.79. The van der Waals surface area contributed by atoms with E-state index in [0.29, 0.717) is 0 Å². The summed E-state index contributed by atoms with van der Waals surface area (Å²) in [7, 11) is 0. The number of hydrogen-bond donors (Lipinski definition) is 2. The van der Waals surface area contributed by atoms with E-state index in [4.69, 9.17) is 5.11 Å². The molecule has 2 heterocycles. The van der Waals surface area contributed by atoms with Crippen LogP contribution in [0.1, 0.15) is 26.2 Å². The van der Waals surface area contributed by atoms with Crippen LogP contribution in [-0.4, -0.2) is 56.2 Å². The largest absolute Gasteiger partial charge is 0.480 e. The van der Waals surface area contributed by atoms with Gasteiger partial charge in [0.2, 0.25) is 5.91 Å². The summed E-state index contributed by atoms with van der Waals surface area (Å²) >= 11 is 1.59. The number of amides is 1. The van der Waals surface area contributed by atoms with Crippen molar-refractivity contribution in [3.63, 3.8) is 0 Å². The van der Waals surface area contributed by atoms with Crippen LogP contribution in [-0.2, 0) is 9.59 Å². The predicted octanol–water partition coefficient (Wildman–Crippen LogP) is 0.318. The SMILES string of the molecule is CC1(C(=O)N2C[C@@H](O)C[C@H]2C(=O)O)CCCS1. The third-order valence-corrected chi connectivity index (χ3v) is 5.00. The molecule has 0 saturated carbocycles.